The zero-order chi connectivity index (χ0) is 18.9. The van der Waals surface area contributed by atoms with Gasteiger partial charge in [0.2, 0.25) is 5.91 Å². The van der Waals surface area contributed by atoms with Crippen molar-refractivity contribution in [2.75, 3.05) is 38.5 Å². The maximum Gasteiger partial charge on any atom is 0.227 e. The molecule has 4 rings (SSSR count). The summed E-state index contributed by atoms with van der Waals surface area (Å²) >= 11 is 14.2. The average molecular weight is 465 g/mol. The van der Waals surface area contributed by atoms with E-state index in [2.05, 4.69) is 15.1 Å². The van der Waals surface area contributed by atoms with Crippen LogP contribution in [-0.4, -0.2) is 65.1 Å². The Kier molecular flexibility index (Phi) is 7.85. The highest BCUT2D eigenvalue weighted by Gasteiger charge is 2.44. The molecule has 0 radical (unpaired) electrons. The molecule has 0 aromatic heterocycles. The number of thioether (sulfide) groups is 1. The van der Waals surface area contributed by atoms with Crippen molar-refractivity contribution in [1.29, 1.82) is 0 Å². The molecule has 1 amide bonds. The molecule has 3 aliphatic heterocycles. The second kappa shape index (κ2) is 9.76. The second-order valence-electron chi connectivity index (χ2n) is 7.90. The molecule has 0 aliphatic carbocycles. The zero-order valence-corrected chi connectivity index (χ0v) is 19.1. The quantitative estimate of drug-likeness (QED) is 0.728. The summed E-state index contributed by atoms with van der Waals surface area (Å²) in [5, 5.41) is 4.77. The molecule has 1 aromatic carbocycles. The Labute approximate surface area is 188 Å². The molecule has 4 nitrogen and oxygen atoms in total. The smallest absolute Gasteiger partial charge is 0.227 e. The molecule has 0 bridgehead atoms. The minimum absolute atomic E-state index is 0. The maximum atomic E-state index is 13.2. The van der Waals surface area contributed by atoms with E-state index in [-0.39, 0.29) is 29.2 Å². The van der Waals surface area contributed by atoms with Crippen LogP contribution in [0.2, 0.25) is 10.0 Å². The van der Waals surface area contributed by atoms with E-state index in [1.54, 1.807) is 6.07 Å². The van der Waals surface area contributed by atoms with Crippen molar-refractivity contribution in [2.24, 2.45) is 0 Å². The van der Waals surface area contributed by atoms with Crippen molar-refractivity contribution in [3.63, 3.8) is 0 Å². The molecule has 3 heterocycles. The molecule has 2 atom stereocenters. The monoisotopic (exact) mass is 463 g/mol. The molecule has 28 heavy (non-hydrogen) atoms. The number of piperidine rings is 1. The van der Waals surface area contributed by atoms with Crippen LogP contribution in [0.4, 0.5) is 0 Å². The summed E-state index contributed by atoms with van der Waals surface area (Å²) in [5.74, 6) is 1.38. The summed E-state index contributed by atoms with van der Waals surface area (Å²) in [6.45, 7) is 5.24. The molecular weight excluding hydrogens is 437 g/mol. The van der Waals surface area contributed by atoms with Gasteiger partial charge in [0, 0.05) is 31.4 Å². The standard InChI is InChI=1S/C20H27Cl2N3OS.ClH/c21-17-4-3-15(11-18(17)22)12-19(26)25-9-5-20(23-6-10-27-20)13-16(25)14-24-7-1-2-8-24;/h3-4,11,16,23H,1-2,5-10,12-14H2;1H. The van der Waals surface area contributed by atoms with Gasteiger partial charge in [-0.1, -0.05) is 29.3 Å². The van der Waals surface area contributed by atoms with Crippen molar-refractivity contribution < 1.29 is 4.79 Å². The Hall–Kier alpha value is -0.170. The van der Waals surface area contributed by atoms with Crippen molar-refractivity contribution >= 4 is 53.3 Å². The van der Waals surface area contributed by atoms with Gasteiger partial charge in [0.25, 0.3) is 0 Å². The highest BCUT2D eigenvalue weighted by molar-refractivity contribution is 8.00. The lowest BCUT2D eigenvalue weighted by molar-refractivity contribution is -0.135. The molecule has 0 saturated carbocycles. The fraction of sp³-hybridized carbons (Fsp3) is 0.650. The van der Waals surface area contributed by atoms with Crippen LogP contribution in [0.5, 0.6) is 0 Å². The average Bonchev–Trinajstić information content (AvgIpc) is 3.31. The summed E-state index contributed by atoms with van der Waals surface area (Å²) in [7, 11) is 0. The number of halogens is 3. The number of nitrogens with one attached hydrogen (secondary N) is 1. The van der Waals surface area contributed by atoms with E-state index in [0.717, 1.165) is 38.0 Å². The van der Waals surface area contributed by atoms with E-state index >= 15 is 0 Å². The molecule has 3 aliphatic rings. The maximum absolute atomic E-state index is 13.2. The number of benzene rings is 1. The van der Waals surface area contributed by atoms with Crippen LogP contribution in [0.1, 0.15) is 31.2 Å². The molecule has 8 heteroatoms. The van der Waals surface area contributed by atoms with Gasteiger partial charge in [-0.05, 0) is 56.5 Å². The third kappa shape index (κ3) is 5.11. The topological polar surface area (TPSA) is 35.6 Å². The molecular formula is C20H28Cl3N3OS. The zero-order valence-electron chi connectivity index (χ0n) is 16.0. The number of hydrogen-bond donors (Lipinski definition) is 1. The van der Waals surface area contributed by atoms with Gasteiger partial charge < -0.3 is 15.1 Å². The number of carbonyl (C=O) groups is 1. The molecule has 3 fully saturated rings. The van der Waals surface area contributed by atoms with E-state index in [4.69, 9.17) is 23.2 Å². The Morgan fingerprint density at radius 3 is 2.68 bits per heavy atom. The first-order valence-corrected chi connectivity index (χ1v) is 11.6. The largest absolute Gasteiger partial charge is 0.338 e. The van der Waals surface area contributed by atoms with E-state index in [0.29, 0.717) is 16.5 Å². The first-order chi connectivity index (χ1) is 13.0. The third-order valence-electron chi connectivity index (χ3n) is 6.02. The van der Waals surface area contributed by atoms with E-state index < -0.39 is 0 Å². The Bertz CT molecular complexity index is 693. The van der Waals surface area contributed by atoms with E-state index in [1.807, 2.05) is 23.9 Å². The SMILES string of the molecule is Cl.O=C(Cc1ccc(Cl)c(Cl)c1)N1CCC2(CC1CN1CCCC1)NCCS2. The Balaban J connectivity index is 0.00000225. The van der Waals surface area contributed by atoms with Crippen LogP contribution in [0.15, 0.2) is 18.2 Å². The van der Waals surface area contributed by atoms with Crippen LogP contribution in [0.25, 0.3) is 0 Å². The van der Waals surface area contributed by atoms with Crippen LogP contribution in [0.3, 0.4) is 0 Å². The van der Waals surface area contributed by atoms with Gasteiger partial charge in [0.05, 0.1) is 21.3 Å². The number of likely N-dealkylation sites (tertiary alicyclic amines) is 2. The van der Waals surface area contributed by atoms with E-state index in [9.17, 15) is 4.79 Å². The van der Waals surface area contributed by atoms with E-state index in [1.165, 1.54) is 31.7 Å². The molecule has 2 unspecified atom stereocenters. The fourth-order valence-electron chi connectivity index (χ4n) is 4.62. The first kappa shape index (κ1) is 22.5. The summed E-state index contributed by atoms with van der Waals surface area (Å²) in [6, 6.07) is 5.78. The van der Waals surface area contributed by atoms with Gasteiger partial charge in [0.1, 0.15) is 0 Å². The van der Waals surface area contributed by atoms with Crippen molar-refractivity contribution in [3.8, 4) is 0 Å². The molecule has 3 saturated heterocycles. The minimum atomic E-state index is 0. The van der Waals surface area contributed by atoms with Crippen LogP contribution in [-0.2, 0) is 11.2 Å². The highest BCUT2D eigenvalue weighted by atomic mass is 35.5. The molecule has 1 aromatic rings. The lowest BCUT2D eigenvalue weighted by Gasteiger charge is -2.46. The van der Waals surface area contributed by atoms with Gasteiger partial charge in [-0.3, -0.25) is 4.79 Å². The van der Waals surface area contributed by atoms with Crippen LogP contribution < -0.4 is 5.32 Å². The molecule has 156 valence electrons. The highest BCUT2D eigenvalue weighted by Crippen LogP contribution is 2.40. The van der Waals surface area contributed by atoms with Gasteiger partial charge in [0.15, 0.2) is 0 Å². The lowest BCUT2D eigenvalue weighted by Crippen LogP contribution is -2.58. The predicted molar refractivity (Wildman–Crippen MR) is 121 cm³/mol. The summed E-state index contributed by atoms with van der Waals surface area (Å²) in [4.78, 5) is 18.0. The van der Waals surface area contributed by atoms with Gasteiger partial charge in [-0.25, -0.2) is 0 Å². The number of amides is 1. The molecule has 1 N–H and O–H groups in total. The molecule has 1 spiro atoms. The van der Waals surface area contributed by atoms with Crippen molar-refractivity contribution in [3.05, 3.63) is 33.8 Å². The summed E-state index contributed by atoms with van der Waals surface area (Å²) < 4.78 is 0. The van der Waals surface area contributed by atoms with Crippen molar-refractivity contribution in [2.45, 2.75) is 43.0 Å². The number of hydrogen-bond acceptors (Lipinski definition) is 4. The van der Waals surface area contributed by atoms with Crippen molar-refractivity contribution in [1.82, 2.24) is 15.1 Å². The lowest BCUT2D eigenvalue weighted by atomic mass is 9.94. The number of carbonyl (C=O) groups excluding carboxylic acids is 1. The second-order valence-corrected chi connectivity index (χ2v) is 10.2. The third-order valence-corrected chi connectivity index (χ3v) is 8.23. The fourth-order valence-corrected chi connectivity index (χ4v) is 6.29. The Morgan fingerprint density at radius 2 is 2.00 bits per heavy atom. The number of nitrogens with zero attached hydrogens (tertiary/aromatic N) is 2. The normalized spacial score (nSPS) is 27.9. The minimum Gasteiger partial charge on any atom is -0.338 e. The summed E-state index contributed by atoms with van der Waals surface area (Å²) in [6.07, 6.45) is 5.02. The van der Waals surface area contributed by atoms with Gasteiger partial charge in [-0.15, -0.1) is 24.2 Å². The Morgan fingerprint density at radius 1 is 1.21 bits per heavy atom. The van der Waals surface area contributed by atoms with Gasteiger partial charge >= 0.3 is 0 Å². The predicted octanol–water partition coefficient (Wildman–Crippen LogP) is 4.08. The first-order valence-electron chi connectivity index (χ1n) is 9.89. The van der Waals surface area contributed by atoms with Crippen LogP contribution >= 0.6 is 47.4 Å². The summed E-state index contributed by atoms with van der Waals surface area (Å²) in [5.41, 5.74) is 0.933. The van der Waals surface area contributed by atoms with Gasteiger partial charge in [-0.2, -0.15) is 0 Å². The number of rotatable bonds is 4. The van der Waals surface area contributed by atoms with Crippen LogP contribution in [0, 0.1) is 0 Å².